The average molecular weight is 517 g/mol. The van der Waals surface area contributed by atoms with E-state index < -0.39 is 61.7 Å². The maximum atomic E-state index is 8.84. The SMILES string of the molecule is [B].[O]=[Sn]([OH])[OH].[O]=[Sn]([OH])[OH].[O]=[Sn]([OH])[OH]. The number of hydrogen-bond donors (Lipinski definition) is 6. The summed E-state index contributed by atoms with van der Waals surface area (Å²) in [5, 5.41) is 0. The molecule has 0 aliphatic carbocycles. The first-order chi connectivity index (χ1) is 5.20. The zero-order valence-corrected chi connectivity index (χ0v) is 14.5. The summed E-state index contributed by atoms with van der Waals surface area (Å²) < 4.78 is 70.0. The first kappa shape index (κ1) is 24.0. The van der Waals surface area contributed by atoms with Crippen molar-refractivity contribution in [3.8, 4) is 0 Å². The Morgan fingerprint density at radius 1 is 0.538 bits per heavy atom. The van der Waals surface area contributed by atoms with Gasteiger partial charge in [0, 0.05) is 8.41 Å². The van der Waals surface area contributed by atoms with Crippen molar-refractivity contribution < 1.29 is 29.9 Å². The Kier molecular flexibility index (Phi) is 35.6. The van der Waals surface area contributed by atoms with Crippen LogP contribution in [0.25, 0.3) is 0 Å². The maximum absolute atomic E-state index is 8.84. The molecule has 0 heterocycles. The van der Waals surface area contributed by atoms with Crippen molar-refractivity contribution >= 4 is 70.1 Å². The molecule has 13 heavy (non-hydrogen) atoms. The van der Waals surface area contributed by atoms with Crippen LogP contribution >= 0.6 is 0 Å². The fourth-order valence-corrected chi connectivity index (χ4v) is 0. The monoisotopic (exact) mass is 521 g/mol. The van der Waals surface area contributed by atoms with E-state index >= 15 is 0 Å². The minimum absolute atomic E-state index is 0. The Morgan fingerprint density at radius 3 is 0.538 bits per heavy atom. The summed E-state index contributed by atoms with van der Waals surface area (Å²) in [6.45, 7) is 0. The van der Waals surface area contributed by atoms with Gasteiger partial charge in [-0.25, -0.2) is 0 Å². The third kappa shape index (κ3) is 700. The summed E-state index contributed by atoms with van der Waals surface area (Å²) in [7, 11) is 0. The summed E-state index contributed by atoms with van der Waals surface area (Å²) in [4.78, 5) is 0. The van der Waals surface area contributed by atoms with E-state index in [-0.39, 0.29) is 8.41 Å². The van der Waals surface area contributed by atoms with E-state index in [1.165, 1.54) is 0 Å². The van der Waals surface area contributed by atoms with Gasteiger partial charge in [-0.05, 0) is 0 Å². The van der Waals surface area contributed by atoms with Crippen LogP contribution in [0, 0.1) is 0 Å². The molecule has 0 bridgehead atoms. The van der Waals surface area contributed by atoms with Crippen LogP contribution in [-0.2, 0) is 9.23 Å². The third-order valence-electron chi connectivity index (χ3n) is 0. The second-order valence-electron chi connectivity index (χ2n) is 0.848. The molecule has 0 aromatic heterocycles. The van der Waals surface area contributed by atoms with E-state index in [4.69, 9.17) is 29.9 Å². The van der Waals surface area contributed by atoms with Crippen molar-refractivity contribution in [1.29, 1.82) is 0 Å². The molecule has 0 spiro atoms. The van der Waals surface area contributed by atoms with Crippen molar-refractivity contribution in [1.82, 2.24) is 0 Å². The molecule has 0 saturated heterocycles. The quantitative estimate of drug-likeness (QED) is 0.172. The molecule has 0 aliphatic rings. The predicted octanol–water partition coefficient (Wildman–Crippen LogP) is -5.22. The molecule has 0 aliphatic heterocycles. The molecule has 9 nitrogen and oxygen atoms in total. The van der Waals surface area contributed by atoms with E-state index in [0.717, 1.165) is 0 Å². The van der Waals surface area contributed by atoms with Crippen LogP contribution in [0.1, 0.15) is 0 Å². The van der Waals surface area contributed by atoms with E-state index in [1.54, 1.807) is 0 Å². The average Bonchev–Trinajstić information content (AvgIpc) is 1.54. The zero-order valence-electron chi connectivity index (χ0n) is 5.99. The first-order valence-electron chi connectivity index (χ1n) is 1.95. The van der Waals surface area contributed by atoms with Crippen molar-refractivity contribution in [2.45, 2.75) is 0 Å². The van der Waals surface area contributed by atoms with Gasteiger partial charge < -0.3 is 0 Å². The van der Waals surface area contributed by atoms with Crippen molar-refractivity contribution in [2.75, 3.05) is 0 Å². The van der Waals surface area contributed by atoms with Crippen LogP contribution in [-0.4, -0.2) is 90.8 Å². The first-order valence-corrected chi connectivity index (χ1v) is 13.1. The Labute approximate surface area is 98.9 Å². The predicted molar refractivity (Wildman–Crippen MR) is 38.4 cm³/mol. The molecule has 0 atom stereocenters. The van der Waals surface area contributed by atoms with E-state index in [2.05, 4.69) is 0 Å². The molecule has 0 aromatic rings. The molecule has 6 N–H and O–H groups in total. The van der Waals surface area contributed by atoms with Crippen molar-refractivity contribution in [2.24, 2.45) is 0 Å². The molecule has 0 fully saturated rings. The van der Waals surface area contributed by atoms with Crippen LogP contribution in [0.3, 0.4) is 0 Å². The molecule has 0 saturated carbocycles. The van der Waals surface area contributed by atoms with E-state index in [9.17, 15) is 0 Å². The van der Waals surface area contributed by atoms with Gasteiger partial charge in [-0.2, -0.15) is 0 Å². The summed E-state index contributed by atoms with van der Waals surface area (Å²) in [5.41, 5.74) is 0. The summed E-state index contributed by atoms with van der Waals surface area (Å²) in [6.07, 6.45) is 0. The Hall–Kier alpha value is 1.62. The minimum atomic E-state index is -3.79. The molecular weight excluding hydrogens is 511 g/mol. The third-order valence-corrected chi connectivity index (χ3v) is 0. The standard InChI is InChI=1S/B.6H2O.3O.3Sn/h;6*1H2;;;;;;/q;;;;;;;;;;3*+2/p-6. The summed E-state index contributed by atoms with van der Waals surface area (Å²) in [5.74, 6) is 0. The fraction of sp³-hybridized carbons (Fsp3) is 0. The van der Waals surface area contributed by atoms with Crippen LogP contribution < -0.4 is 0 Å². The van der Waals surface area contributed by atoms with Crippen molar-refractivity contribution in [3.05, 3.63) is 0 Å². The van der Waals surface area contributed by atoms with Gasteiger partial charge in [-0.3, -0.25) is 0 Å². The van der Waals surface area contributed by atoms with Gasteiger partial charge in [0.15, 0.2) is 0 Å². The van der Waals surface area contributed by atoms with Gasteiger partial charge in [-0.15, -0.1) is 0 Å². The molecule has 0 unspecified atom stereocenters. The van der Waals surface area contributed by atoms with Crippen LogP contribution in [0.4, 0.5) is 0 Å². The Balaban J connectivity index is -0.0000000450. The second kappa shape index (κ2) is 19.2. The summed E-state index contributed by atoms with van der Waals surface area (Å²) in [6, 6.07) is 0. The van der Waals surface area contributed by atoms with Gasteiger partial charge in [-0.1, -0.05) is 0 Å². The van der Waals surface area contributed by atoms with Gasteiger partial charge in [0.2, 0.25) is 0 Å². The van der Waals surface area contributed by atoms with Crippen molar-refractivity contribution in [3.63, 3.8) is 0 Å². The molecule has 75 valence electrons. The zero-order chi connectivity index (χ0) is 10.7. The summed E-state index contributed by atoms with van der Waals surface area (Å²) >= 11 is -11.4. The normalized spacial score (nSPS) is 6.00. The van der Waals surface area contributed by atoms with Gasteiger partial charge in [0.1, 0.15) is 0 Å². The Morgan fingerprint density at radius 2 is 0.538 bits per heavy atom. The second-order valence-corrected chi connectivity index (χ2v) is 5.69. The topological polar surface area (TPSA) is 173 Å². The Bertz CT molecular complexity index is 112. The van der Waals surface area contributed by atoms with E-state index in [0.29, 0.717) is 0 Å². The molecule has 13 heteroatoms. The molecule has 0 rings (SSSR count). The van der Waals surface area contributed by atoms with Crippen LogP contribution in [0.15, 0.2) is 0 Å². The number of rotatable bonds is 0. The van der Waals surface area contributed by atoms with Gasteiger partial charge in [0.25, 0.3) is 0 Å². The molecule has 0 aromatic carbocycles. The molecule has 3 radical (unpaired) electrons. The number of hydrogen-bond acceptors (Lipinski definition) is 3. The molecule has 0 amide bonds. The van der Waals surface area contributed by atoms with Crippen LogP contribution in [0.2, 0.25) is 0 Å². The van der Waals surface area contributed by atoms with Gasteiger partial charge in [0.05, 0.1) is 0 Å². The van der Waals surface area contributed by atoms with E-state index in [1.807, 2.05) is 0 Å². The van der Waals surface area contributed by atoms with Crippen LogP contribution in [0.5, 0.6) is 0 Å². The molecular formula is H6BO9Sn3. The fourth-order valence-electron chi connectivity index (χ4n) is 0. The van der Waals surface area contributed by atoms with Gasteiger partial charge >= 0.3 is 91.6 Å².